The second kappa shape index (κ2) is 5.77. The number of aryl methyl sites for hydroxylation is 2. The lowest BCUT2D eigenvalue weighted by molar-refractivity contribution is 0.0949. The van der Waals surface area contributed by atoms with E-state index in [1.54, 1.807) is 0 Å². The average Bonchev–Trinajstić information content (AvgIpc) is 3.29. The summed E-state index contributed by atoms with van der Waals surface area (Å²) in [7, 11) is 0. The second-order valence-corrected chi connectivity index (χ2v) is 6.71. The fraction of sp³-hybridized carbons (Fsp3) is 0.316. The van der Waals surface area contributed by atoms with Crippen molar-refractivity contribution in [3.63, 3.8) is 0 Å². The van der Waals surface area contributed by atoms with Gasteiger partial charge >= 0.3 is 0 Å². The van der Waals surface area contributed by atoms with Crippen molar-refractivity contribution >= 4 is 17.5 Å². The molecule has 0 radical (unpaired) electrons. The van der Waals surface area contributed by atoms with Crippen molar-refractivity contribution in [3.05, 3.63) is 69.7 Å². The molecule has 1 amide bonds. The third-order valence-corrected chi connectivity index (χ3v) is 4.92. The molecule has 0 heterocycles. The topological polar surface area (TPSA) is 29.1 Å². The summed E-state index contributed by atoms with van der Waals surface area (Å²) in [5.74, 6) is 0.00309. The highest BCUT2D eigenvalue weighted by atomic mass is 35.5. The third-order valence-electron chi connectivity index (χ3n) is 4.67. The van der Waals surface area contributed by atoms with E-state index >= 15 is 0 Å². The quantitative estimate of drug-likeness (QED) is 0.889. The summed E-state index contributed by atoms with van der Waals surface area (Å²) in [4.78, 5) is 12.3. The van der Waals surface area contributed by atoms with Gasteiger partial charge in [0, 0.05) is 22.5 Å². The largest absolute Gasteiger partial charge is 0.351 e. The number of halogens is 1. The molecule has 1 saturated carbocycles. The molecular weight excluding hydrogens is 294 g/mol. The molecule has 0 aromatic heterocycles. The fourth-order valence-corrected chi connectivity index (χ4v) is 2.88. The monoisotopic (exact) mass is 313 g/mol. The van der Waals surface area contributed by atoms with Gasteiger partial charge in [0.25, 0.3) is 5.91 Å². The van der Waals surface area contributed by atoms with E-state index in [0.717, 1.165) is 29.0 Å². The van der Waals surface area contributed by atoms with E-state index in [0.29, 0.717) is 6.54 Å². The van der Waals surface area contributed by atoms with Crippen LogP contribution in [0.3, 0.4) is 0 Å². The van der Waals surface area contributed by atoms with E-state index in [2.05, 4.69) is 24.4 Å². The highest BCUT2D eigenvalue weighted by molar-refractivity contribution is 6.30. The van der Waals surface area contributed by atoms with Crippen LogP contribution in [0.25, 0.3) is 0 Å². The Labute approximate surface area is 136 Å². The molecule has 2 aromatic carbocycles. The average molecular weight is 314 g/mol. The van der Waals surface area contributed by atoms with Crippen molar-refractivity contribution in [1.29, 1.82) is 0 Å². The van der Waals surface area contributed by atoms with Crippen LogP contribution in [-0.4, -0.2) is 12.5 Å². The number of amides is 1. The smallest absolute Gasteiger partial charge is 0.251 e. The Bertz CT molecular complexity index is 702. The predicted octanol–water partition coefficient (Wildman–Crippen LogP) is 4.42. The molecule has 3 heteroatoms. The van der Waals surface area contributed by atoms with Gasteiger partial charge in [0.15, 0.2) is 0 Å². The maximum atomic E-state index is 12.3. The van der Waals surface area contributed by atoms with E-state index in [-0.39, 0.29) is 11.3 Å². The van der Waals surface area contributed by atoms with Crippen molar-refractivity contribution in [3.8, 4) is 0 Å². The molecule has 2 nitrogen and oxygen atoms in total. The van der Waals surface area contributed by atoms with Gasteiger partial charge in [-0.25, -0.2) is 0 Å². The summed E-state index contributed by atoms with van der Waals surface area (Å²) in [6.07, 6.45) is 2.23. The number of nitrogens with one attached hydrogen (secondary N) is 1. The molecule has 2 aromatic rings. The van der Waals surface area contributed by atoms with Gasteiger partial charge in [-0.1, -0.05) is 29.8 Å². The Morgan fingerprint density at radius 1 is 1.09 bits per heavy atom. The molecule has 114 valence electrons. The van der Waals surface area contributed by atoms with Gasteiger partial charge < -0.3 is 5.32 Å². The molecule has 0 saturated heterocycles. The van der Waals surface area contributed by atoms with Crippen LogP contribution < -0.4 is 5.32 Å². The van der Waals surface area contributed by atoms with Gasteiger partial charge in [-0.3, -0.25) is 4.79 Å². The second-order valence-electron chi connectivity index (χ2n) is 6.27. The SMILES string of the molecule is Cc1ccc(C(=O)NCC2(c3ccc(Cl)cc3)CC2)cc1C. The zero-order chi connectivity index (χ0) is 15.7. The minimum Gasteiger partial charge on any atom is -0.351 e. The first-order valence-corrected chi connectivity index (χ1v) is 7.99. The van der Waals surface area contributed by atoms with Crippen LogP contribution in [0.2, 0.25) is 5.02 Å². The normalized spacial score (nSPS) is 15.4. The van der Waals surface area contributed by atoms with Crippen molar-refractivity contribution in [1.82, 2.24) is 5.32 Å². The van der Waals surface area contributed by atoms with E-state index in [1.165, 1.54) is 11.1 Å². The van der Waals surface area contributed by atoms with Crippen LogP contribution in [-0.2, 0) is 5.41 Å². The molecule has 3 rings (SSSR count). The molecule has 1 aliphatic rings. The summed E-state index contributed by atoms with van der Waals surface area (Å²) in [5, 5.41) is 3.84. The number of hydrogen-bond donors (Lipinski definition) is 1. The highest BCUT2D eigenvalue weighted by Gasteiger charge is 2.44. The van der Waals surface area contributed by atoms with Gasteiger partial charge in [-0.15, -0.1) is 0 Å². The van der Waals surface area contributed by atoms with Crippen molar-refractivity contribution in [2.45, 2.75) is 32.1 Å². The number of benzene rings is 2. The van der Waals surface area contributed by atoms with Crippen molar-refractivity contribution < 1.29 is 4.79 Å². The Balaban J connectivity index is 1.68. The summed E-state index contributed by atoms with van der Waals surface area (Å²) >= 11 is 5.95. The first-order valence-electron chi connectivity index (χ1n) is 7.62. The molecule has 1 N–H and O–H groups in total. The summed E-state index contributed by atoms with van der Waals surface area (Å²) in [6.45, 7) is 4.76. The zero-order valence-corrected chi connectivity index (χ0v) is 13.7. The Morgan fingerprint density at radius 2 is 1.77 bits per heavy atom. The van der Waals surface area contributed by atoms with Gasteiger partial charge in [0.05, 0.1) is 0 Å². The van der Waals surface area contributed by atoms with Crippen LogP contribution in [0, 0.1) is 13.8 Å². The molecule has 1 fully saturated rings. The number of hydrogen-bond acceptors (Lipinski definition) is 1. The van der Waals surface area contributed by atoms with E-state index in [9.17, 15) is 4.79 Å². The van der Waals surface area contributed by atoms with E-state index in [1.807, 2.05) is 37.3 Å². The third kappa shape index (κ3) is 3.02. The molecule has 0 bridgehead atoms. The number of carbonyl (C=O) groups is 1. The first-order chi connectivity index (χ1) is 10.5. The van der Waals surface area contributed by atoms with Gasteiger partial charge in [0.2, 0.25) is 0 Å². The van der Waals surface area contributed by atoms with Gasteiger partial charge in [-0.05, 0) is 67.6 Å². The van der Waals surface area contributed by atoms with E-state index < -0.39 is 0 Å². The van der Waals surface area contributed by atoms with E-state index in [4.69, 9.17) is 11.6 Å². The van der Waals surface area contributed by atoms with Crippen LogP contribution in [0.4, 0.5) is 0 Å². The molecular formula is C19H20ClNO. The Hall–Kier alpha value is -1.80. The lowest BCUT2D eigenvalue weighted by Crippen LogP contribution is -2.32. The summed E-state index contributed by atoms with van der Waals surface area (Å²) in [5.41, 5.74) is 4.44. The fourth-order valence-electron chi connectivity index (χ4n) is 2.76. The zero-order valence-electron chi connectivity index (χ0n) is 12.9. The molecule has 0 aliphatic heterocycles. The lowest BCUT2D eigenvalue weighted by atomic mass is 9.96. The van der Waals surface area contributed by atoms with Crippen LogP contribution in [0.1, 0.15) is 39.9 Å². The number of carbonyl (C=O) groups excluding carboxylic acids is 1. The first kappa shape index (κ1) is 15.1. The van der Waals surface area contributed by atoms with Crippen molar-refractivity contribution in [2.75, 3.05) is 6.54 Å². The minimum atomic E-state index is 0.00309. The summed E-state index contributed by atoms with van der Waals surface area (Å²) < 4.78 is 0. The van der Waals surface area contributed by atoms with Crippen LogP contribution >= 0.6 is 11.6 Å². The molecule has 0 unspecified atom stereocenters. The molecule has 22 heavy (non-hydrogen) atoms. The molecule has 1 aliphatic carbocycles. The van der Waals surface area contributed by atoms with Crippen molar-refractivity contribution in [2.24, 2.45) is 0 Å². The van der Waals surface area contributed by atoms with Gasteiger partial charge in [-0.2, -0.15) is 0 Å². The van der Waals surface area contributed by atoms with Crippen LogP contribution in [0.15, 0.2) is 42.5 Å². The van der Waals surface area contributed by atoms with Crippen LogP contribution in [0.5, 0.6) is 0 Å². The maximum absolute atomic E-state index is 12.3. The van der Waals surface area contributed by atoms with Gasteiger partial charge in [0.1, 0.15) is 0 Å². The predicted molar refractivity (Wildman–Crippen MR) is 90.6 cm³/mol. The standard InChI is InChI=1S/C19H20ClNO/c1-13-3-4-15(11-14(13)2)18(22)21-12-19(9-10-19)16-5-7-17(20)8-6-16/h3-8,11H,9-10,12H2,1-2H3,(H,21,22). The minimum absolute atomic E-state index is 0.00309. The molecule has 0 spiro atoms. The summed E-state index contributed by atoms with van der Waals surface area (Å²) in [6, 6.07) is 13.8. The number of rotatable bonds is 4. The highest BCUT2D eigenvalue weighted by Crippen LogP contribution is 2.47. The maximum Gasteiger partial charge on any atom is 0.251 e. The lowest BCUT2D eigenvalue weighted by Gasteiger charge is -2.17. The molecule has 0 atom stereocenters. The Morgan fingerprint density at radius 3 is 2.36 bits per heavy atom. The Kier molecular flexibility index (Phi) is 3.96.